The van der Waals surface area contributed by atoms with Crippen molar-refractivity contribution in [2.24, 2.45) is 5.11 Å². The third kappa shape index (κ3) is 2.12. The highest BCUT2D eigenvalue weighted by atomic mass is 35.5. The van der Waals surface area contributed by atoms with Gasteiger partial charge in [0.25, 0.3) is 0 Å². The zero-order valence-electron chi connectivity index (χ0n) is 7.14. The first-order valence-corrected chi connectivity index (χ1v) is 3.85. The van der Waals surface area contributed by atoms with Crippen molar-refractivity contribution in [2.75, 3.05) is 7.11 Å². The molecule has 0 fully saturated rings. The molecule has 0 saturated carbocycles. The van der Waals surface area contributed by atoms with Gasteiger partial charge in [-0.2, -0.15) is 0 Å². The SMILES string of the molecule is COC(=O)c1ncc(Cl)cc1N=[N+]=[N-]. The summed E-state index contributed by atoms with van der Waals surface area (Å²) in [7, 11) is 1.21. The van der Waals surface area contributed by atoms with Crippen LogP contribution in [0.25, 0.3) is 10.4 Å². The minimum Gasteiger partial charge on any atom is -0.464 e. The minimum absolute atomic E-state index is 0.0480. The Morgan fingerprint density at radius 3 is 3.07 bits per heavy atom. The maximum Gasteiger partial charge on any atom is 0.357 e. The second kappa shape index (κ2) is 4.45. The van der Waals surface area contributed by atoms with Gasteiger partial charge in [0.15, 0.2) is 5.69 Å². The molecule has 1 aromatic rings. The highest BCUT2D eigenvalue weighted by molar-refractivity contribution is 6.30. The molecule has 1 heterocycles. The highest BCUT2D eigenvalue weighted by Gasteiger charge is 2.12. The van der Waals surface area contributed by atoms with Crippen LogP contribution in [0.5, 0.6) is 0 Å². The maximum absolute atomic E-state index is 11.1. The molecule has 1 aromatic heterocycles. The van der Waals surface area contributed by atoms with Crippen molar-refractivity contribution >= 4 is 23.3 Å². The molecule has 7 heteroatoms. The lowest BCUT2D eigenvalue weighted by Gasteiger charge is -2.01. The van der Waals surface area contributed by atoms with E-state index in [4.69, 9.17) is 17.1 Å². The Labute approximate surface area is 84.1 Å². The molecular formula is C7H5ClN4O2. The summed E-state index contributed by atoms with van der Waals surface area (Å²) in [5, 5.41) is 3.55. The van der Waals surface area contributed by atoms with Crippen LogP contribution in [0.2, 0.25) is 5.02 Å². The monoisotopic (exact) mass is 212 g/mol. The van der Waals surface area contributed by atoms with E-state index < -0.39 is 5.97 Å². The highest BCUT2D eigenvalue weighted by Crippen LogP contribution is 2.22. The van der Waals surface area contributed by atoms with Gasteiger partial charge < -0.3 is 4.74 Å². The van der Waals surface area contributed by atoms with E-state index in [1.807, 2.05) is 0 Å². The van der Waals surface area contributed by atoms with E-state index in [1.165, 1.54) is 19.4 Å². The van der Waals surface area contributed by atoms with Gasteiger partial charge in [-0.3, -0.25) is 0 Å². The summed E-state index contributed by atoms with van der Waals surface area (Å²) in [6.45, 7) is 0. The molecule has 0 N–H and O–H groups in total. The average molecular weight is 213 g/mol. The van der Waals surface area contributed by atoms with Crippen molar-refractivity contribution in [1.29, 1.82) is 0 Å². The molecule has 14 heavy (non-hydrogen) atoms. The maximum atomic E-state index is 11.1. The van der Waals surface area contributed by atoms with Gasteiger partial charge in [-0.15, -0.1) is 0 Å². The summed E-state index contributed by atoms with van der Waals surface area (Å²) < 4.78 is 4.44. The number of nitrogens with zero attached hydrogens (tertiary/aromatic N) is 4. The van der Waals surface area contributed by atoms with Crippen LogP contribution >= 0.6 is 11.6 Å². The topological polar surface area (TPSA) is 88.0 Å². The third-order valence-corrected chi connectivity index (χ3v) is 1.57. The zero-order valence-corrected chi connectivity index (χ0v) is 7.89. The molecule has 0 aromatic carbocycles. The van der Waals surface area contributed by atoms with Gasteiger partial charge in [-0.1, -0.05) is 16.7 Å². The van der Waals surface area contributed by atoms with Gasteiger partial charge in [0.1, 0.15) is 0 Å². The first kappa shape index (κ1) is 10.3. The van der Waals surface area contributed by atoms with Crippen molar-refractivity contribution in [2.45, 2.75) is 0 Å². The minimum atomic E-state index is -0.677. The fourth-order valence-electron chi connectivity index (χ4n) is 0.807. The number of carbonyl (C=O) groups is 1. The summed E-state index contributed by atoms with van der Waals surface area (Å²) in [5.74, 6) is -0.677. The van der Waals surface area contributed by atoms with Crippen LogP contribution in [0.1, 0.15) is 10.5 Å². The van der Waals surface area contributed by atoms with Crippen LogP contribution in [0.4, 0.5) is 5.69 Å². The Morgan fingerprint density at radius 1 is 1.79 bits per heavy atom. The number of methoxy groups -OCH3 is 1. The van der Waals surface area contributed by atoms with Crippen molar-refractivity contribution in [3.8, 4) is 0 Å². The first-order valence-electron chi connectivity index (χ1n) is 3.48. The van der Waals surface area contributed by atoms with Crippen molar-refractivity contribution in [1.82, 2.24) is 4.98 Å². The molecule has 6 nitrogen and oxygen atoms in total. The Balaban J connectivity index is 3.28. The lowest BCUT2D eigenvalue weighted by Crippen LogP contribution is -2.04. The van der Waals surface area contributed by atoms with Crippen LogP contribution in [-0.2, 0) is 4.74 Å². The Kier molecular flexibility index (Phi) is 3.28. The first-order chi connectivity index (χ1) is 6.69. The fraction of sp³-hybridized carbons (Fsp3) is 0.143. The van der Waals surface area contributed by atoms with E-state index in [0.717, 1.165) is 0 Å². The molecule has 0 aliphatic carbocycles. The Bertz CT molecular complexity index is 414. The number of azide groups is 1. The third-order valence-electron chi connectivity index (χ3n) is 1.37. The molecule has 0 aliphatic heterocycles. The quantitative estimate of drug-likeness (QED) is 0.326. The Morgan fingerprint density at radius 2 is 2.50 bits per heavy atom. The van der Waals surface area contributed by atoms with Crippen LogP contribution < -0.4 is 0 Å². The lowest BCUT2D eigenvalue weighted by atomic mass is 10.3. The van der Waals surface area contributed by atoms with E-state index in [-0.39, 0.29) is 16.4 Å². The summed E-state index contributed by atoms with van der Waals surface area (Å²) in [6, 6.07) is 1.33. The fourth-order valence-corrected chi connectivity index (χ4v) is 0.959. The molecule has 0 amide bonds. The predicted molar refractivity (Wildman–Crippen MR) is 49.4 cm³/mol. The molecule has 0 atom stereocenters. The number of pyridine rings is 1. The summed E-state index contributed by atoms with van der Waals surface area (Å²) in [6.07, 6.45) is 1.27. The van der Waals surface area contributed by atoms with Gasteiger partial charge >= 0.3 is 5.97 Å². The molecule has 0 saturated heterocycles. The van der Waals surface area contributed by atoms with E-state index in [0.29, 0.717) is 0 Å². The standard InChI is InChI=1S/C7H5ClN4O2/c1-14-7(13)6-5(11-12-9)2-4(8)3-10-6/h2-3H,1H3. The number of aromatic nitrogens is 1. The molecule has 1 rings (SSSR count). The molecule has 0 unspecified atom stereocenters. The normalized spacial score (nSPS) is 9.00. The van der Waals surface area contributed by atoms with E-state index in [9.17, 15) is 4.79 Å². The van der Waals surface area contributed by atoms with Crippen molar-refractivity contribution < 1.29 is 9.53 Å². The van der Waals surface area contributed by atoms with Crippen LogP contribution in [0, 0.1) is 0 Å². The number of ether oxygens (including phenoxy) is 1. The van der Waals surface area contributed by atoms with Crippen LogP contribution in [-0.4, -0.2) is 18.1 Å². The van der Waals surface area contributed by atoms with Crippen molar-refractivity contribution in [3.05, 3.63) is 33.4 Å². The largest absolute Gasteiger partial charge is 0.464 e. The molecule has 0 bridgehead atoms. The molecule has 72 valence electrons. The number of halogens is 1. The van der Waals surface area contributed by atoms with Gasteiger partial charge in [-0.25, -0.2) is 9.78 Å². The predicted octanol–water partition coefficient (Wildman–Crippen LogP) is 2.46. The number of hydrogen-bond donors (Lipinski definition) is 0. The summed E-state index contributed by atoms with van der Waals surface area (Å²) in [5.41, 5.74) is 8.21. The summed E-state index contributed by atoms with van der Waals surface area (Å²) >= 11 is 5.60. The molecular weight excluding hydrogens is 208 g/mol. The van der Waals surface area contributed by atoms with Gasteiger partial charge in [0.2, 0.25) is 0 Å². The Hall–Kier alpha value is -1.78. The van der Waals surface area contributed by atoms with E-state index in [1.54, 1.807) is 0 Å². The van der Waals surface area contributed by atoms with E-state index in [2.05, 4.69) is 19.7 Å². The van der Waals surface area contributed by atoms with Crippen molar-refractivity contribution in [3.63, 3.8) is 0 Å². The zero-order chi connectivity index (χ0) is 10.6. The number of hydrogen-bond acceptors (Lipinski definition) is 4. The molecule has 0 spiro atoms. The van der Waals surface area contributed by atoms with Crippen LogP contribution in [0.3, 0.4) is 0 Å². The van der Waals surface area contributed by atoms with Crippen LogP contribution in [0.15, 0.2) is 17.4 Å². The lowest BCUT2D eigenvalue weighted by molar-refractivity contribution is 0.0595. The molecule has 0 radical (unpaired) electrons. The number of esters is 1. The van der Waals surface area contributed by atoms with E-state index >= 15 is 0 Å². The average Bonchev–Trinajstić information content (AvgIpc) is 2.17. The summed E-state index contributed by atoms with van der Waals surface area (Å²) in [4.78, 5) is 17.3. The smallest absolute Gasteiger partial charge is 0.357 e. The second-order valence-corrected chi connectivity index (χ2v) is 2.64. The number of carbonyl (C=O) groups excluding carboxylic acids is 1. The van der Waals surface area contributed by atoms with Gasteiger partial charge in [-0.05, 0) is 11.6 Å². The number of rotatable bonds is 2. The van der Waals surface area contributed by atoms with Gasteiger partial charge in [0, 0.05) is 11.1 Å². The molecule has 0 aliphatic rings. The van der Waals surface area contributed by atoms with Gasteiger partial charge in [0.05, 0.1) is 17.8 Å². The second-order valence-electron chi connectivity index (χ2n) is 2.20.